The highest BCUT2D eigenvalue weighted by Gasteiger charge is 2.25. The van der Waals surface area contributed by atoms with E-state index in [0.717, 1.165) is 35.7 Å². The van der Waals surface area contributed by atoms with Crippen LogP contribution in [0.25, 0.3) is 0 Å². The Morgan fingerprint density at radius 3 is 2.77 bits per heavy atom. The van der Waals surface area contributed by atoms with E-state index in [1.807, 2.05) is 35.2 Å². The van der Waals surface area contributed by atoms with Crippen LogP contribution in [0.3, 0.4) is 0 Å². The van der Waals surface area contributed by atoms with Crippen LogP contribution in [0.4, 0.5) is 0 Å². The smallest absolute Gasteiger partial charge is 0.226 e. The number of halogens is 1. The van der Waals surface area contributed by atoms with Crippen LogP contribution in [0.15, 0.2) is 55.3 Å². The van der Waals surface area contributed by atoms with Crippen molar-refractivity contribution in [2.45, 2.75) is 45.2 Å². The van der Waals surface area contributed by atoms with Gasteiger partial charge in [0.05, 0.1) is 6.54 Å². The first-order valence-electron chi connectivity index (χ1n) is 9.45. The molecule has 0 atom stereocenters. The van der Waals surface area contributed by atoms with Gasteiger partial charge in [0.25, 0.3) is 0 Å². The van der Waals surface area contributed by atoms with Gasteiger partial charge in [-0.15, -0.1) is 6.58 Å². The number of rotatable bonds is 7. The fourth-order valence-corrected chi connectivity index (χ4v) is 3.98. The fourth-order valence-electron chi connectivity index (χ4n) is 3.77. The number of carbonyl (C=O) groups excluding carboxylic acids is 1. The van der Waals surface area contributed by atoms with E-state index >= 15 is 0 Å². The number of carbonyl (C=O) groups is 1. The largest absolute Gasteiger partial charge is 0.345 e. The van der Waals surface area contributed by atoms with Gasteiger partial charge in [-0.25, -0.2) is 0 Å². The lowest BCUT2D eigenvalue weighted by molar-refractivity contribution is -0.136. The van der Waals surface area contributed by atoms with Crippen LogP contribution in [0, 0.1) is 5.92 Å². The van der Waals surface area contributed by atoms with Crippen molar-refractivity contribution in [2.24, 2.45) is 5.92 Å². The predicted octanol–water partition coefficient (Wildman–Crippen LogP) is 5.28. The maximum Gasteiger partial charge on any atom is 0.226 e. The topological polar surface area (TPSA) is 25.2 Å². The molecule has 0 aliphatic heterocycles. The minimum atomic E-state index is 0.181. The van der Waals surface area contributed by atoms with Crippen LogP contribution < -0.4 is 0 Å². The van der Waals surface area contributed by atoms with Gasteiger partial charge >= 0.3 is 0 Å². The fraction of sp³-hybridized carbons (Fsp3) is 0.409. The second kappa shape index (κ2) is 9.09. The van der Waals surface area contributed by atoms with Crippen molar-refractivity contribution < 1.29 is 4.79 Å². The van der Waals surface area contributed by atoms with Gasteiger partial charge in [-0.3, -0.25) is 4.79 Å². The number of hydrogen-bond acceptors (Lipinski definition) is 1. The second-order valence-corrected chi connectivity index (χ2v) is 7.54. The zero-order valence-corrected chi connectivity index (χ0v) is 16.0. The first-order valence-corrected chi connectivity index (χ1v) is 9.83. The molecule has 0 unspecified atom stereocenters. The Morgan fingerprint density at radius 2 is 2.04 bits per heavy atom. The van der Waals surface area contributed by atoms with E-state index in [-0.39, 0.29) is 11.8 Å². The Labute approximate surface area is 161 Å². The van der Waals surface area contributed by atoms with E-state index in [1.54, 1.807) is 0 Å². The summed E-state index contributed by atoms with van der Waals surface area (Å²) in [5.41, 5.74) is 2.29. The van der Waals surface area contributed by atoms with E-state index in [1.165, 1.54) is 19.3 Å². The van der Waals surface area contributed by atoms with Gasteiger partial charge in [-0.2, -0.15) is 0 Å². The zero-order chi connectivity index (χ0) is 18.4. The van der Waals surface area contributed by atoms with Gasteiger partial charge in [-0.1, -0.05) is 49.1 Å². The molecule has 26 heavy (non-hydrogen) atoms. The van der Waals surface area contributed by atoms with Crippen molar-refractivity contribution in [3.05, 3.63) is 71.5 Å². The number of nitrogens with zero attached hydrogens (tertiary/aromatic N) is 2. The summed E-state index contributed by atoms with van der Waals surface area (Å²) in [4.78, 5) is 14.9. The number of amides is 1. The monoisotopic (exact) mass is 370 g/mol. The Balaban J connectivity index is 1.72. The van der Waals surface area contributed by atoms with Crippen molar-refractivity contribution in [1.29, 1.82) is 0 Å². The minimum Gasteiger partial charge on any atom is -0.345 e. The van der Waals surface area contributed by atoms with E-state index in [2.05, 4.69) is 29.5 Å². The third kappa shape index (κ3) is 4.79. The van der Waals surface area contributed by atoms with Crippen LogP contribution in [0.5, 0.6) is 0 Å². The number of hydrogen-bond donors (Lipinski definition) is 0. The Morgan fingerprint density at radius 1 is 1.23 bits per heavy atom. The average molecular weight is 371 g/mol. The van der Waals surface area contributed by atoms with Crippen LogP contribution in [-0.4, -0.2) is 21.9 Å². The Bertz CT molecular complexity index is 746. The summed E-state index contributed by atoms with van der Waals surface area (Å²) in [5.74, 6) is 0.458. The minimum absolute atomic E-state index is 0.181. The molecule has 3 rings (SSSR count). The zero-order valence-electron chi connectivity index (χ0n) is 15.2. The summed E-state index contributed by atoms with van der Waals surface area (Å²) in [7, 11) is 0. The summed E-state index contributed by atoms with van der Waals surface area (Å²) in [5, 5.41) is 0.747. The normalized spacial score (nSPS) is 15.0. The van der Waals surface area contributed by atoms with Crippen molar-refractivity contribution in [2.75, 3.05) is 6.54 Å². The molecule has 0 N–H and O–H groups in total. The van der Waals surface area contributed by atoms with Crippen LogP contribution in [0.1, 0.15) is 43.4 Å². The van der Waals surface area contributed by atoms with E-state index < -0.39 is 0 Å². The van der Waals surface area contributed by atoms with Gasteiger partial charge in [0.15, 0.2) is 0 Å². The van der Waals surface area contributed by atoms with Gasteiger partial charge in [0.1, 0.15) is 0 Å². The summed E-state index contributed by atoms with van der Waals surface area (Å²) < 4.78 is 2.19. The molecule has 3 nitrogen and oxygen atoms in total. The van der Waals surface area contributed by atoms with Gasteiger partial charge in [-0.05, 0) is 42.7 Å². The molecular formula is C22H27ClN2O. The summed E-state index contributed by atoms with van der Waals surface area (Å²) >= 11 is 6.10. The highest BCUT2D eigenvalue weighted by atomic mass is 35.5. The Hall–Kier alpha value is -2.00. The summed E-state index contributed by atoms with van der Waals surface area (Å²) in [6.45, 7) is 5.81. The number of benzene rings is 1. The first-order chi connectivity index (χ1) is 12.7. The molecule has 1 aliphatic carbocycles. The molecule has 1 aromatic heterocycles. The van der Waals surface area contributed by atoms with Crippen molar-refractivity contribution in [3.63, 3.8) is 0 Å². The highest BCUT2D eigenvalue weighted by molar-refractivity contribution is 6.30. The van der Waals surface area contributed by atoms with Crippen molar-refractivity contribution in [1.82, 2.24) is 9.47 Å². The third-order valence-electron chi connectivity index (χ3n) is 5.13. The lowest BCUT2D eigenvalue weighted by Gasteiger charge is -2.29. The third-order valence-corrected chi connectivity index (χ3v) is 5.37. The maximum absolute atomic E-state index is 13.0. The standard InChI is InChI=1S/C22H27ClN2O/c1-2-13-25(22(26)19-9-4-3-5-10-19)17-21-12-7-14-24(21)16-18-8-6-11-20(23)15-18/h2,6-8,11-12,14-15,19H,1,3-5,9-10,13,16-17H2. The number of aromatic nitrogens is 1. The van der Waals surface area contributed by atoms with Crippen molar-refractivity contribution in [3.8, 4) is 0 Å². The second-order valence-electron chi connectivity index (χ2n) is 7.10. The van der Waals surface area contributed by atoms with E-state index in [0.29, 0.717) is 13.1 Å². The molecule has 2 aromatic rings. The molecule has 0 saturated heterocycles. The average Bonchev–Trinajstić information content (AvgIpc) is 3.08. The van der Waals surface area contributed by atoms with Gasteiger partial charge in [0, 0.05) is 35.9 Å². The van der Waals surface area contributed by atoms with Crippen LogP contribution >= 0.6 is 11.6 Å². The molecule has 0 spiro atoms. The SMILES string of the molecule is C=CCN(Cc1cccn1Cc1cccc(Cl)c1)C(=O)C1CCCCC1. The lowest BCUT2D eigenvalue weighted by atomic mass is 9.88. The summed E-state index contributed by atoms with van der Waals surface area (Å²) in [6.07, 6.45) is 9.53. The molecule has 1 aliphatic rings. The molecule has 4 heteroatoms. The first kappa shape index (κ1) is 18.8. The van der Waals surface area contributed by atoms with Crippen molar-refractivity contribution >= 4 is 17.5 Å². The van der Waals surface area contributed by atoms with E-state index in [9.17, 15) is 4.79 Å². The molecule has 1 heterocycles. The molecule has 0 radical (unpaired) electrons. The Kier molecular flexibility index (Phi) is 6.56. The molecule has 1 aromatic carbocycles. The van der Waals surface area contributed by atoms with Gasteiger partial charge in [0.2, 0.25) is 5.91 Å². The molecule has 1 saturated carbocycles. The molecular weight excluding hydrogens is 344 g/mol. The molecule has 1 amide bonds. The van der Waals surface area contributed by atoms with Crippen LogP contribution in [0.2, 0.25) is 5.02 Å². The summed E-state index contributed by atoms with van der Waals surface area (Å²) in [6, 6.07) is 12.0. The molecule has 0 bridgehead atoms. The lowest BCUT2D eigenvalue weighted by Crippen LogP contribution is -2.37. The maximum atomic E-state index is 13.0. The predicted molar refractivity (Wildman–Crippen MR) is 107 cm³/mol. The van der Waals surface area contributed by atoms with E-state index in [4.69, 9.17) is 11.6 Å². The quantitative estimate of drug-likeness (QED) is 0.608. The molecule has 138 valence electrons. The van der Waals surface area contributed by atoms with Gasteiger partial charge < -0.3 is 9.47 Å². The highest BCUT2D eigenvalue weighted by Crippen LogP contribution is 2.26. The van der Waals surface area contributed by atoms with Crippen LogP contribution in [-0.2, 0) is 17.9 Å². The molecule has 1 fully saturated rings.